The predicted molar refractivity (Wildman–Crippen MR) is 194 cm³/mol. The van der Waals surface area contributed by atoms with Gasteiger partial charge in [-0.05, 0) is 69.2 Å². The smallest absolute Gasteiger partial charge is 0.410 e. The topological polar surface area (TPSA) is 153 Å². The monoisotopic (exact) mass is 721 g/mol. The number of carbonyl (C=O) groups excluding carboxylic acids is 3. The Hall–Kier alpha value is -5.00. The first-order chi connectivity index (χ1) is 24.7. The number of hydrogen-bond donors (Lipinski definition) is 2. The Kier molecular flexibility index (Phi) is 14.1. The average molecular weight is 722 g/mol. The summed E-state index contributed by atoms with van der Waals surface area (Å²) in [4.78, 5) is 56.8. The molecule has 0 spiro atoms. The number of piperazine rings is 2. The molecule has 2 aromatic carbocycles. The Balaban J connectivity index is 0.000000259. The fourth-order valence-corrected chi connectivity index (χ4v) is 5.48. The van der Waals surface area contributed by atoms with Gasteiger partial charge in [0.15, 0.2) is 0 Å². The van der Waals surface area contributed by atoms with Crippen LogP contribution >= 0.6 is 0 Å². The molecule has 2 aliphatic heterocycles. The van der Waals surface area contributed by atoms with Gasteiger partial charge < -0.3 is 29.9 Å². The van der Waals surface area contributed by atoms with Gasteiger partial charge in [-0.15, -0.1) is 0 Å². The zero-order valence-corrected chi connectivity index (χ0v) is 29.8. The fraction of sp³-hybridized carbons (Fsp3) is 0.429. The molecule has 0 bridgehead atoms. The zero-order valence-electron chi connectivity index (χ0n) is 29.8. The van der Waals surface area contributed by atoms with Crippen molar-refractivity contribution in [2.45, 2.75) is 46.4 Å². The van der Waals surface area contributed by atoms with E-state index in [0.29, 0.717) is 50.5 Å². The van der Waals surface area contributed by atoms with E-state index < -0.39 is 33.9 Å². The molecular formula is C35H44BF2N8O6. The number of amides is 3. The Morgan fingerprint density at radius 3 is 2.06 bits per heavy atom. The van der Waals surface area contributed by atoms with Crippen molar-refractivity contribution in [1.29, 1.82) is 0 Å². The van der Waals surface area contributed by atoms with Crippen LogP contribution < -0.4 is 10.6 Å². The molecule has 2 aliphatic rings. The van der Waals surface area contributed by atoms with E-state index in [-0.39, 0.29) is 11.8 Å². The number of carbonyl (C=O) groups is 3. The number of benzene rings is 2. The van der Waals surface area contributed by atoms with Gasteiger partial charge in [0.25, 0.3) is 7.41 Å². The van der Waals surface area contributed by atoms with Gasteiger partial charge in [0.2, 0.25) is 5.82 Å². The number of pyridine rings is 1. The summed E-state index contributed by atoms with van der Waals surface area (Å²) in [7, 11) is 1.51. The van der Waals surface area contributed by atoms with E-state index in [1.807, 2.05) is 32.5 Å². The third-order valence-corrected chi connectivity index (χ3v) is 8.17. The number of nitro benzene ring substituents is 1. The molecule has 14 nitrogen and oxygen atoms in total. The maximum Gasteiger partial charge on any atom is 0.410 e. The van der Waals surface area contributed by atoms with E-state index in [4.69, 9.17) is 4.74 Å². The van der Waals surface area contributed by atoms with E-state index in [1.165, 1.54) is 19.5 Å². The van der Waals surface area contributed by atoms with Crippen molar-refractivity contribution in [3.05, 3.63) is 93.3 Å². The first-order valence-electron chi connectivity index (χ1n) is 16.9. The number of urea groups is 1. The summed E-state index contributed by atoms with van der Waals surface area (Å²) in [5, 5.41) is 15.9. The summed E-state index contributed by atoms with van der Waals surface area (Å²) in [6, 6.07) is 11.6. The first-order valence-corrected chi connectivity index (χ1v) is 16.9. The summed E-state index contributed by atoms with van der Waals surface area (Å²) in [6.07, 6.45) is 2.00. The van der Waals surface area contributed by atoms with Crippen LogP contribution in [-0.2, 0) is 22.6 Å². The maximum absolute atomic E-state index is 14.2. The highest BCUT2D eigenvalue weighted by molar-refractivity contribution is 6.64. The Bertz CT molecular complexity index is 1700. The highest BCUT2D eigenvalue weighted by atomic mass is 19.1. The Morgan fingerprint density at radius 2 is 1.50 bits per heavy atom. The largest absolute Gasteiger partial charge is 0.444 e. The summed E-state index contributed by atoms with van der Waals surface area (Å²) in [5.74, 6) is -1.33. The number of halogens is 2. The molecule has 17 heteroatoms. The number of rotatable bonds is 9. The van der Waals surface area contributed by atoms with Crippen molar-refractivity contribution in [2.75, 3.05) is 63.0 Å². The summed E-state index contributed by atoms with van der Waals surface area (Å²) < 4.78 is 32.9. The molecule has 2 saturated heterocycles. The van der Waals surface area contributed by atoms with Crippen LogP contribution in [-0.4, -0.2) is 113 Å². The fourth-order valence-electron chi connectivity index (χ4n) is 5.48. The van der Waals surface area contributed by atoms with E-state index in [0.717, 1.165) is 49.7 Å². The third-order valence-electron chi connectivity index (χ3n) is 8.17. The van der Waals surface area contributed by atoms with E-state index in [9.17, 15) is 33.3 Å². The second kappa shape index (κ2) is 18.5. The molecule has 0 aliphatic carbocycles. The molecule has 1 aromatic heterocycles. The normalized spacial score (nSPS) is 15.5. The first kappa shape index (κ1) is 39.8. The van der Waals surface area contributed by atoms with Gasteiger partial charge in [0.1, 0.15) is 11.4 Å². The molecule has 5 rings (SSSR count). The number of nitrogens with one attached hydrogen (secondary N) is 2. The van der Waals surface area contributed by atoms with Crippen molar-refractivity contribution >= 4 is 42.8 Å². The van der Waals surface area contributed by atoms with Crippen LogP contribution in [0.2, 0.25) is 0 Å². The lowest BCUT2D eigenvalue weighted by Gasteiger charge is -2.35. The van der Waals surface area contributed by atoms with Crippen molar-refractivity contribution in [3.8, 4) is 0 Å². The number of ether oxygens (including phenoxy) is 1. The predicted octanol–water partition coefficient (Wildman–Crippen LogP) is 4.89. The molecule has 0 unspecified atom stereocenters. The molecule has 3 aromatic rings. The van der Waals surface area contributed by atoms with Gasteiger partial charge >= 0.3 is 17.8 Å². The van der Waals surface area contributed by atoms with Crippen LogP contribution in [0.25, 0.3) is 0 Å². The second-order valence-electron chi connectivity index (χ2n) is 13.5. The standard InChI is InChI=1S/C23H30FN5O3.C12H14BFN3O3/c1-16-5-7-18(14-25-16)26-21(30)27-20-13-17(6-8-19(20)24)15-28-9-11-29(12-10-28)22(31)32-23(2,3)4;14-11-2-1-10(7-12(11)17(19)20)8-15-3-5-16(6-4-15)13-9-18/h5-8,13-14H,9-12,15H2,1-4H3,(H2,26,27,30);1-2,7,9H,3-6,8H2. The molecule has 52 heavy (non-hydrogen) atoms. The Labute approximate surface area is 302 Å². The summed E-state index contributed by atoms with van der Waals surface area (Å²) >= 11 is 0. The lowest BCUT2D eigenvalue weighted by molar-refractivity contribution is -0.387. The molecular weight excluding hydrogens is 677 g/mol. The number of hydrogen-bond acceptors (Lipinski definition) is 10. The minimum Gasteiger partial charge on any atom is -0.444 e. The number of anilines is 2. The van der Waals surface area contributed by atoms with Gasteiger partial charge in [-0.3, -0.25) is 24.9 Å². The zero-order chi connectivity index (χ0) is 37.8. The quantitative estimate of drug-likeness (QED) is 0.135. The molecule has 0 saturated carbocycles. The van der Waals surface area contributed by atoms with Gasteiger partial charge in [0, 0.05) is 77.2 Å². The van der Waals surface area contributed by atoms with E-state index in [2.05, 4.69) is 25.4 Å². The van der Waals surface area contributed by atoms with Gasteiger partial charge in [-0.25, -0.2) is 14.0 Å². The molecule has 3 heterocycles. The van der Waals surface area contributed by atoms with E-state index >= 15 is 0 Å². The lowest BCUT2D eigenvalue weighted by atomic mass is 9.93. The minimum atomic E-state index is -0.816. The van der Waals surface area contributed by atoms with Gasteiger partial charge in [-0.1, -0.05) is 12.1 Å². The van der Waals surface area contributed by atoms with Crippen molar-refractivity contribution in [1.82, 2.24) is 24.5 Å². The highest BCUT2D eigenvalue weighted by Gasteiger charge is 2.26. The van der Waals surface area contributed by atoms with Crippen LogP contribution in [0.5, 0.6) is 0 Å². The highest BCUT2D eigenvalue weighted by Crippen LogP contribution is 2.21. The molecule has 0 atom stereocenters. The van der Waals surface area contributed by atoms with Crippen molar-refractivity contribution in [2.24, 2.45) is 0 Å². The van der Waals surface area contributed by atoms with Crippen LogP contribution in [0, 0.1) is 28.7 Å². The number of nitro groups is 1. The van der Waals surface area contributed by atoms with Crippen LogP contribution in [0.3, 0.4) is 0 Å². The molecule has 277 valence electrons. The lowest BCUT2D eigenvalue weighted by Crippen LogP contribution is -2.49. The third kappa shape index (κ3) is 12.6. The van der Waals surface area contributed by atoms with Crippen molar-refractivity contribution in [3.63, 3.8) is 0 Å². The molecule has 1 radical (unpaired) electrons. The second-order valence-corrected chi connectivity index (χ2v) is 13.5. The van der Waals surface area contributed by atoms with E-state index in [1.54, 1.807) is 41.4 Å². The van der Waals surface area contributed by atoms with Crippen molar-refractivity contribution < 1.29 is 32.8 Å². The maximum atomic E-state index is 14.2. The summed E-state index contributed by atoms with van der Waals surface area (Å²) in [6.45, 7) is 14.0. The number of aryl methyl sites for hydroxylation is 1. The SMILES string of the molecule is Cc1ccc(NC(=O)Nc2cc(CN3CCN(C(=O)OC(C)(C)C)CC3)ccc2F)cn1.O=C[B]N1CCN(Cc2ccc(F)c([N+](=O)[O-])c2)CC1. The molecule has 2 N–H and O–H groups in total. The van der Waals surface area contributed by atoms with Crippen LogP contribution in [0.15, 0.2) is 54.7 Å². The average Bonchev–Trinajstić information content (AvgIpc) is 3.09. The number of aromatic nitrogens is 1. The van der Waals surface area contributed by atoms with Crippen LogP contribution in [0.1, 0.15) is 37.6 Å². The number of nitrogens with zero attached hydrogens (tertiary/aromatic N) is 6. The van der Waals surface area contributed by atoms with Gasteiger partial charge in [0.05, 0.1) is 28.7 Å². The molecule has 2 fully saturated rings. The van der Waals surface area contributed by atoms with Gasteiger partial charge in [-0.2, -0.15) is 4.39 Å². The minimum absolute atomic E-state index is 0.104. The Morgan fingerprint density at radius 1 is 0.904 bits per heavy atom. The van der Waals surface area contributed by atoms with Crippen LogP contribution in [0.4, 0.5) is 35.4 Å². The molecule has 3 amide bonds. The summed E-state index contributed by atoms with van der Waals surface area (Å²) in [5.41, 5.74) is 2.03.